The number of benzene rings is 1. The molecular formula is C17H20F3N5O. The molecule has 9 heteroatoms. The van der Waals surface area contributed by atoms with Crippen molar-refractivity contribution in [3.63, 3.8) is 0 Å². The summed E-state index contributed by atoms with van der Waals surface area (Å²) in [6.45, 7) is 1.85. The van der Waals surface area contributed by atoms with Gasteiger partial charge in [0.1, 0.15) is 0 Å². The molecule has 6 nitrogen and oxygen atoms in total. The van der Waals surface area contributed by atoms with Gasteiger partial charge < -0.3 is 10.2 Å². The smallest absolute Gasteiger partial charge is 0.322 e. The van der Waals surface area contributed by atoms with Crippen LogP contribution in [0.1, 0.15) is 5.69 Å². The standard InChI is InChI=1S/C17H20F3N5O/c1-13-6-7-25(22-13)15-5-3-2-4-14(15)21-16(26)24-10-8-23(9-11-24)12-17(18,19)20/h2-7H,8-12H2,1H3,(H,21,26). The number of halogens is 3. The Labute approximate surface area is 149 Å². The third-order valence-corrected chi connectivity index (χ3v) is 4.18. The van der Waals surface area contributed by atoms with E-state index >= 15 is 0 Å². The first-order valence-electron chi connectivity index (χ1n) is 8.28. The summed E-state index contributed by atoms with van der Waals surface area (Å²) in [7, 11) is 0. The maximum Gasteiger partial charge on any atom is 0.401 e. The first-order valence-corrected chi connectivity index (χ1v) is 8.28. The second-order valence-electron chi connectivity index (χ2n) is 6.23. The number of alkyl halides is 3. The first-order chi connectivity index (χ1) is 12.3. The molecule has 140 valence electrons. The van der Waals surface area contributed by atoms with E-state index in [1.807, 2.05) is 25.1 Å². The number of para-hydroxylation sites is 2. The Kier molecular flexibility index (Phi) is 5.17. The van der Waals surface area contributed by atoms with Crippen LogP contribution >= 0.6 is 0 Å². The number of carbonyl (C=O) groups excluding carboxylic acids is 1. The van der Waals surface area contributed by atoms with Crippen LogP contribution < -0.4 is 5.32 Å². The van der Waals surface area contributed by atoms with Crippen LogP contribution in [0.15, 0.2) is 36.5 Å². The quantitative estimate of drug-likeness (QED) is 0.908. The molecule has 0 unspecified atom stereocenters. The number of urea groups is 1. The largest absolute Gasteiger partial charge is 0.401 e. The molecule has 1 aromatic heterocycles. The number of nitrogens with one attached hydrogen (secondary N) is 1. The SMILES string of the molecule is Cc1ccn(-c2ccccc2NC(=O)N2CCN(CC(F)(F)F)CC2)n1. The summed E-state index contributed by atoms with van der Waals surface area (Å²) in [6, 6.07) is 8.79. The Bertz CT molecular complexity index is 766. The van der Waals surface area contributed by atoms with Gasteiger partial charge in [-0.25, -0.2) is 9.48 Å². The zero-order chi connectivity index (χ0) is 18.7. The Morgan fingerprint density at radius 3 is 2.46 bits per heavy atom. The number of rotatable bonds is 3. The summed E-state index contributed by atoms with van der Waals surface area (Å²) in [4.78, 5) is 15.3. The lowest BCUT2D eigenvalue weighted by Crippen LogP contribution is -2.52. The maximum atomic E-state index is 12.5. The zero-order valence-corrected chi connectivity index (χ0v) is 14.3. The van der Waals surface area contributed by atoms with E-state index < -0.39 is 12.7 Å². The lowest BCUT2D eigenvalue weighted by atomic mass is 10.2. The van der Waals surface area contributed by atoms with E-state index in [1.54, 1.807) is 23.0 Å². The van der Waals surface area contributed by atoms with Gasteiger partial charge in [-0.15, -0.1) is 0 Å². The molecular weight excluding hydrogens is 347 g/mol. The van der Waals surface area contributed by atoms with E-state index in [1.165, 1.54) is 9.80 Å². The number of hydrogen-bond donors (Lipinski definition) is 1. The van der Waals surface area contributed by atoms with Crippen LogP contribution in [0.5, 0.6) is 0 Å². The van der Waals surface area contributed by atoms with E-state index in [0.717, 1.165) is 11.4 Å². The molecule has 1 aliphatic rings. The van der Waals surface area contributed by atoms with E-state index in [9.17, 15) is 18.0 Å². The molecule has 1 saturated heterocycles. The zero-order valence-electron chi connectivity index (χ0n) is 14.3. The maximum absolute atomic E-state index is 12.5. The fourth-order valence-corrected chi connectivity index (χ4v) is 2.89. The molecule has 2 amide bonds. The van der Waals surface area contributed by atoms with E-state index in [2.05, 4.69) is 10.4 Å². The number of amides is 2. The lowest BCUT2D eigenvalue weighted by molar-refractivity contribution is -0.148. The van der Waals surface area contributed by atoms with Crippen LogP contribution in [0.4, 0.5) is 23.7 Å². The summed E-state index contributed by atoms with van der Waals surface area (Å²) in [5.41, 5.74) is 2.18. The molecule has 0 radical (unpaired) electrons. The van der Waals surface area contributed by atoms with Gasteiger partial charge in [-0.3, -0.25) is 4.90 Å². The second kappa shape index (κ2) is 7.36. The highest BCUT2D eigenvalue weighted by atomic mass is 19.4. The van der Waals surface area contributed by atoms with Crippen LogP contribution in [0.3, 0.4) is 0 Å². The number of hydrogen-bond acceptors (Lipinski definition) is 3. The molecule has 0 atom stereocenters. The van der Waals surface area contributed by atoms with Crippen molar-refractivity contribution in [2.75, 3.05) is 38.0 Å². The van der Waals surface area contributed by atoms with E-state index in [-0.39, 0.29) is 32.2 Å². The molecule has 3 rings (SSSR count). The van der Waals surface area contributed by atoms with Crippen molar-refractivity contribution in [1.82, 2.24) is 19.6 Å². The fraction of sp³-hybridized carbons (Fsp3) is 0.412. The van der Waals surface area contributed by atoms with Gasteiger partial charge in [0.05, 0.1) is 23.6 Å². The molecule has 1 N–H and O–H groups in total. The van der Waals surface area contributed by atoms with Crippen LogP contribution in [0.25, 0.3) is 5.69 Å². The second-order valence-corrected chi connectivity index (χ2v) is 6.23. The molecule has 1 aliphatic heterocycles. The summed E-state index contributed by atoms with van der Waals surface area (Å²) < 4.78 is 39.0. The first kappa shape index (κ1) is 18.2. The summed E-state index contributed by atoms with van der Waals surface area (Å²) >= 11 is 0. The minimum Gasteiger partial charge on any atom is -0.322 e. The van der Waals surface area contributed by atoms with Crippen LogP contribution in [-0.4, -0.2) is 64.5 Å². The van der Waals surface area contributed by atoms with E-state index in [0.29, 0.717) is 5.69 Å². The third-order valence-electron chi connectivity index (χ3n) is 4.18. The van der Waals surface area contributed by atoms with Crippen molar-refractivity contribution < 1.29 is 18.0 Å². The van der Waals surface area contributed by atoms with Crippen LogP contribution in [-0.2, 0) is 0 Å². The summed E-state index contributed by atoms with van der Waals surface area (Å²) in [6.07, 6.45) is -2.42. The van der Waals surface area contributed by atoms with Crippen molar-refractivity contribution in [1.29, 1.82) is 0 Å². The number of aryl methyl sites for hydroxylation is 1. The Morgan fingerprint density at radius 2 is 1.85 bits per heavy atom. The van der Waals surface area contributed by atoms with Gasteiger partial charge in [-0.1, -0.05) is 12.1 Å². The van der Waals surface area contributed by atoms with Crippen molar-refractivity contribution in [2.45, 2.75) is 13.1 Å². The third kappa shape index (κ3) is 4.54. The highest BCUT2D eigenvalue weighted by molar-refractivity contribution is 5.91. The lowest BCUT2D eigenvalue weighted by Gasteiger charge is -2.35. The predicted octanol–water partition coefficient (Wildman–Crippen LogP) is 2.89. The predicted molar refractivity (Wildman–Crippen MR) is 91.4 cm³/mol. The van der Waals surface area contributed by atoms with Gasteiger partial charge in [0.15, 0.2) is 0 Å². The summed E-state index contributed by atoms with van der Waals surface area (Å²) in [5, 5.41) is 7.18. The average Bonchev–Trinajstić information content (AvgIpc) is 3.01. The Morgan fingerprint density at radius 1 is 1.15 bits per heavy atom. The average molecular weight is 367 g/mol. The van der Waals surface area contributed by atoms with Crippen molar-refractivity contribution in [3.8, 4) is 5.69 Å². The summed E-state index contributed by atoms with van der Waals surface area (Å²) in [5.74, 6) is 0. The number of aromatic nitrogens is 2. The van der Waals surface area contributed by atoms with Crippen LogP contribution in [0, 0.1) is 6.92 Å². The molecule has 0 spiro atoms. The van der Waals surface area contributed by atoms with Gasteiger partial charge in [0, 0.05) is 32.4 Å². The number of carbonyl (C=O) groups is 1. The molecule has 1 fully saturated rings. The molecule has 2 aromatic rings. The molecule has 0 saturated carbocycles. The topological polar surface area (TPSA) is 53.4 Å². The highest BCUT2D eigenvalue weighted by Crippen LogP contribution is 2.21. The van der Waals surface area contributed by atoms with Crippen molar-refractivity contribution >= 4 is 11.7 Å². The molecule has 1 aromatic carbocycles. The van der Waals surface area contributed by atoms with Gasteiger partial charge in [0.25, 0.3) is 0 Å². The van der Waals surface area contributed by atoms with Crippen LogP contribution in [0.2, 0.25) is 0 Å². The Hall–Kier alpha value is -2.55. The normalized spacial score (nSPS) is 15.9. The monoisotopic (exact) mass is 367 g/mol. The Balaban J connectivity index is 1.63. The number of nitrogens with zero attached hydrogens (tertiary/aromatic N) is 4. The van der Waals surface area contributed by atoms with Gasteiger partial charge in [0.2, 0.25) is 0 Å². The minimum absolute atomic E-state index is 0.201. The molecule has 0 aliphatic carbocycles. The highest BCUT2D eigenvalue weighted by Gasteiger charge is 2.32. The van der Waals surface area contributed by atoms with E-state index in [4.69, 9.17) is 0 Å². The number of anilines is 1. The van der Waals surface area contributed by atoms with Crippen molar-refractivity contribution in [2.24, 2.45) is 0 Å². The minimum atomic E-state index is -4.22. The van der Waals surface area contributed by atoms with Gasteiger partial charge >= 0.3 is 12.2 Å². The van der Waals surface area contributed by atoms with Crippen molar-refractivity contribution in [3.05, 3.63) is 42.2 Å². The fourth-order valence-electron chi connectivity index (χ4n) is 2.89. The van der Waals surface area contributed by atoms with Gasteiger partial charge in [-0.05, 0) is 25.1 Å². The van der Waals surface area contributed by atoms with Gasteiger partial charge in [-0.2, -0.15) is 18.3 Å². The molecule has 2 heterocycles. The molecule has 0 bridgehead atoms. The molecule has 26 heavy (non-hydrogen) atoms. The number of piperazine rings is 1.